The molecule has 0 atom stereocenters. The quantitative estimate of drug-likeness (QED) is 0.339. The summed E-state index contributed by atoms with van der Waals surface area (Å²) < 4.78 is 2.04. The van der Waals surface area contributed by atoms with Crippen LogP contribution in [0, 0.1) is 6.92 Å². The number of phenols is 2. The molecular formula is C22H21B2ClN4O2. The van der Waals surface area contributed by atoms with Crippen molar-refractivity contribution in [2.24, 2.45) is 7.05 Å². The average molecular weight is 431 g/mol. The SMILES string of the molecule is Bc1c(B)c(O)c(C(=C)Nc2cc3cc(-c4cnc(C)n4C)ccc3cn2)c(Cl)c1O. The van der Waals surface area contributed by atoms with E-state index in [9.17, 15) is 10.2 Å². The second-order valence-electron chi connectivity index (χ2n) is 7.62. The van der Waals surface area contributed by atoms with Crippen LogP contribution in [0.3, 0.4) is 0 Å². The summed E-state index contributed by atoms with van der Waals surface area (Å²) >= 11 is 6.30. The van der Waals surface area contributed by atoms with E-state index >= 15 is 0 Å². The Morgan fingerprint density at radius 3 is 2.45 bits per heavy atom. The third kappa shape index (κ3) is 3.53. The molecule has 0 radical (unpaired) electrons. The summed E-state index contributed by atoms with van der Waals surface area (Å²) in [6.45, 7) is 5.96. The summed E-state index contributed by atoms with van der Waals surface area (Å²) in [6.07, 6.45) is 3.62. The van der Waals surface area contributed by atoms with Gasteiger partial charge in [-0.1, -0.05) is 30.3 Å². The Labute approximate surface area is 187 Å². The normalized spacial score (nSPS) is 11.1. The molecule has 9 heteroatoms. The number of hydrogen-bond donors (Lipinski definition) is 3. The summed E-state index contributed by atoms with van der Waals surface area (Å²) in [5.41, 5.74) is 3.74. The number of aromatic hydroxyl groups is 2. The Balaban J connectivity index is 1.71. The number of halogens is 1. The highest BCUT2D eigenvalue weighted by molar-refractivity contribution is 6.53. The van der Waals surface area contributed by atoms with Gasteiger partial charge < -0.3 is 20.1 Å². The van der Waals surface area contributed by atoms with Crippen LogP contribution in [-0.2, 0) is 7.05 Å². The Hall–Kier alpha value is -3.38. The summed E-state index contributed by atoms with van der Waals surface area (Å²) in [6, 6.07) is 8.04. The number of benzene rings is 2. The minimum atomic E-state index is -0.0718. The fraction of sp³-hybridized carbons (Fsp3) is 0.0909. The lowest BCUT2D eigenvalue weighted by atomic mass is 9.78. The van der Waals surface area contributed by atoms with E-state index in [1.54, 1.807) is 21.9 Å². The molecule has 0 saturated carbocycles. The van der Waals surface area contributed by atoms with E-state index in [-0.39, 0.29) is 22.1 Å². The number of phenolic OH excluding ortho intramolecular Hbond substituents is 2. The molecule has 2 aromatic carbocycles. The Bertz CT molecular complexity index is 1340. The lowest BCUT2D eigenvalue weighted by Gasteiger charge is -2.17. The first-order chi connectivity index (χ1) is 14.7. The third-order valence-corrected chi connectivity index (χ3v) is 6.12. The van der Waals surface area contributed by atoms with Gasteiger partial charge in [-0.3, -0.25) is 0 Å². The predicted octanol–water partition coefficient (Wildman–Crippen LogP) is 1.61. The third-order valence-electron chi connectivity index (χ3n) is 5.76. The molecule has 6 nitrogen and oxygen atoms in total. The Kier molecular flexibility index (Phi) is 5.19. The summed E-state index contributed by atoms with van der Waals surface area (Å²) in [4.78, 5) is 8.81. The molecule has 0 aliphatic carbocycles. The minimum Gasteiger partial charge on any atom is -0.508 e. The average Bonchev–Trinajstić information content (AvgIpc) is 3.09. The van der Waals surface area contributed by atoms with E-state index in [4.69, 9.17) is 11.6 Å². The van der Waals surface area contributed by atoms with Crippen LogP contribution in [0.15, 0.2) is 43.2 Å². The molecule has 154 valence electrons. The van der Waals surface area contributed by atoms with Gasteiger partial charge in [-0.05, 0) is 35.4 Å². The van der Waals surface area contributed by atoms with Crippen molar-refractivity contribution in [1.82, 2.24) is 14.5 Å². The van der Waals surface area contributed by atoms with Crippen LogP contribution < -0.4 is 16.2 Å². The smallest absolute Gasteiger partial charge is 0.143 e. The first-order valence-electron chi connectivity index (χ1n) is 9.74. The maximum atomic E-state index is 10.6. The molecule has 0 amide bonds. The van der Waals surface area contributed by atoms with Gasteiger partial charge in [0.05, 0.1) is 22.5 Å². The number of nitrogens with one attached hydrogen (secondary N) is 1. The topological polar surface area (TPSA) is 83.2 Å². The number of fused-ring (bicyclic) bond motifs is 1. The molecule has 0 aliphatic heterocycles. The number of aryl methyl sites for hydroxylation is 1. The van der Waals surface area contributed by atoms with Crippen LogP contribution in [0.1, 0.15) is 11.4 Å². The van der Waals surface area contributed by atoms with Crippen LogP contribution in [0.4, 0.5) is 5.82 Å². The van der Waals surface area contributed by atoms with Crippen molar-refractivity contribution >= 4 is 60.5 Å². The second kappa shape index (κ2) is 7.71. The van der Waals surface area contributed by atoms with Crippen molar-refractivity contribution < 1.29 is 10.2 Å². The molecule has 0 unspecified atom stereocenters. The summed E-state index contributed by atoms with van der Waals surface area (Å²) in [5.74, 6) is 1.39. The van der Waals surface area contributed by atoms with Crippen molar-refractivity contribution in [3.05, 3.63) is 59.6 Å². The monoisotopic (exact) mass is 430 g/mol. The van der Waals surface area contributed by atoms with Crippen molar-refractivity contribution in [3.63, 3.8) is 0 Å². The van der Waals surface area contributed by atoms with E-state index in [0.29, 0.717) is 22.4 Å². The molecule has 0 aliphatic rings. The number of rotatable bonds is 4. The van der Waals surface area contributed by atoms with Crippen LogP contribution >= 0.6 is 11.6 Å². The highest BCUT2D eigenvalue weighted by Crippen LogP contribution is 2.35. The molecule has 0 fully saturated rings. The lowest BCUT2D eigenvalue weighted by molar-refractivity contribution is 0.466. The molecule has 0 saturated heterocycles. The van der Waals surface area contributed by atoms with Gasteiger partial charge in [0.15, 0.2) is 0 Å². The van der Waals surface area contributed by atoms with E-state index in [2.05, 4.69) is 27.9 Å². The van der Waals surface area contributed by atoms with Crippen LogP contribution in [0.2, 0.25) is 5.02 Å². The summed E-state index contributed by atoms with van der Waals surface area (Å²) in [5, 5.41) is 26.0. The number of imidazole rings is 1. The zero-order valence-corrected chi connectivity index (χ0v) is 18.5. The zero-order chi connectivity index (χ0) is 22.4. The maximum Gasteiger partial charge on any atom is 0.143 e. The highest BCUT2D eigenvalue weighted by atomic mass is 35.5. The Morgan fingerprint density at radius 1 is 1.06 bits per heavy atom. The van der Waals surface area contributed by atoms with Crippen LogP contribution in [0.25, 0.3) is 27.7 Å². The van der Waals surface area contributed by atoms with E-state index in [1.807, 2.05) is 42.9 Å². The minimum absolute atomic E-state index is 0.0209. The first kappa shape index (κ1) is 20.9. The van der Waals surface area contributed by atoms with E-state index < -0.39 is 0 Å². The van der Waals surface area contributed by atoms with Crippen LogP contribution in [-0.4, -0.2) is 40.4 Å². The molecule has 4 rings (SSSR count). The predicted molar refractivity (Wildman–Crippen MR) is 132 cm³/mol. The molecule has 2 aromatic heterocycles. The molecular weight excluding hydrogens is 409 g/mol. The number of aromatic nitrogens is 3. The molecule has 31 heavy (non-hydrogen) atoms. The van der Waals surface area contributed by atoms with Crippen molar-refractivity contribution in [3.8, 4) is 22.8 Å². The van der Waals surface area contributed by atoms with Gasteiger partial charge >= 0.3 is 0 Å². The number of nitrogens with zero attached hydrogens (tertiary/aromatic N) is 3. The standard InChI is InChI=1S/C22H21B2ClN4O2/c1-10(17-20(25)22(31)19(24)18(23)21(17)30)28-16-7-14-6-12(4-5-13(14)8-27-16)15-9-26-11(2)29(15)3/h4-9,30-31H,1,23-24H2,2-3H3,(H,27,28). The van der Waals surface area contributed by atoms with Gasteiger partial charge in [0.25, 0.3) is 0 Å². The van der Waals surface area contributed by atoms with Crippen LogP contribution in [0.5, 0.6) is 11.5 Å². The number of hydrogen-bond acceptors (Lipinski definition) is 5. The molecule has 0 spiro atoms. The first-order valence-corrected chi connectivity index (χ1v) is 10.1. The molecule has 4 aromatic rings. The van der Waals surface area contributed by atoms with Gasteiger partial charge in [0, 0.05) is 29.9 Å². The van der Waals surface area contributed by atoms with E-state index in [1.165, 1.54) is 0 Å². The molecule has 0 bridgehead atoms. The fourth-order valence-electron chi connectivity index (χ4n) is 3.56. The molecule has 2 heterocycles. The Morgan fingerprint density at radius 2 is 1.77 bits per heavy atom. The van der Waals surface area contributed by atoms with Gasteiger partial charge in [0.2, 0.25) is 0 Å². The van der Waals surface area contributed by atoms with Gasteiger partial charge in [-0.2, -0.15) is 0 Å². The number of pyridine rings is 1. The molecule has 3 N–H and O–H groups in total. The lowest BCUT2D eigenvalue weighted by Crippen LogP contribution is -2.27. The van der Waals surface area contributed by atoms with Crippen molar-refractivity contribution in [1.29, 1.82) is 0 Å². The fourth-order valence-corrected chi connectivity index (χ4v) is 3.91. The van der Waals surface area contributed by atoms with Gasteiger partial charge in [-0.25, -0.2) is 9.97 Å². The van der Waals surface area contributed by atoms with Crippen molar-refractivity contribution in [2.75, 3.05) is 5.32 Å². The largest absolute Gasteiger partial charge is 0.508 e. The summed E-state index contributed by atoms with van der Waals surface area (Å²) in [7, 11) is 5.40. The maximum absolute atomic E-state index is 10.6. The number of anilines is 1. The highest BCUT2D eigenvalue weighted by Gasteiger charge is 2.20. The zero-order valence-electron chi connectivity index (χ0n) is 17.8. The van der Waals surface area contributed by atoms with Gasteiger partial charge in [0.1, 0.15) is 38.8 Å². The second-order valence-corrected chi connectivity index (χ2v) is 8.00. The van der Waals surface area contributed by atoms with Gasteiger partial charge in [-0.15, -0.1) is 0 Å². The van der Waals surface area contributed by atoms with E-state index in [0.717, 1.165) is 27.9 Å². The van der Waals surface area contributed by atoms with Crippen molar-refractivity contribution in [2.45, 2.75) is 6.92 Å².